The van der Waals surface area contributed by atoms with Crippen molar-refractivity contribution in [2.75, 3.05) is 6.61 Å². The number of carbonyl (C=O) groups is 1. The number of halogens is 1. The maximum Gasteiger partial charge on any atom is 0.305 e. The van der Waals surface area contributed by atoms with E-state index in [1.54, 1.807) is 0 Å². The molecule has 4 heteroatoms. The minimum atomic E-state index is -0.183. The first-order valence-corrected chi connectivity index (χ1v) is 7.45. The van der Waals surface area contributed by atoms with E-state index in [1.165, 1.54) is 0 Å². The number of hydrogen-bond donors (Lipinski definition) is 1. The van der Waals surface area contributed by atoms with Crippen LogP contribution in [-0.4, -0.2) is 28.6 Å². The maximum atomic E-state index is 11.2. The largest absolute Gasteiger partial charge is 0.466 e. The normalized spacial score (nSPS) is 30.2. The van der Waals surface area contributed by atoms with Crippen molar-refractivity contribution in [3.05, 3.63) is 0 Å². The Morgan fingerprint density at radius 3 is 2.76 bits per heavy atom. The number of esters is 1. The van der Waals surface area contributed by atoms with Crippen LogP contribution >= 0.6 is 15.9 Å². The topological polar surface area (TPSA) is 46.5 Å². The summed E-state index contributed by atoms with van der Waals surface area (Å²) in [5, 5.41) is 9.90. The molecular weight excluding hydrogens is 284 g/mol. The molecule has 17 heavy (non-hydrogen) atoms. The van der Waals surface area contributed by atoms with Gasteiger partial charge in [-0.05, 0) is 44.4 Å². The molecule has 0 aromatic heterocycles. The molecular formula is C13H23BrO3. The predicted octanol–water partition coefficient (Wildman–Crippen LogP) is 2.89. The van der Waals surface area contributed by atoms with Crippen molar-refractivity contribution in [2.24, 2.45) is 11.8 Å². The highest BCUT2D eigenvalue weighted by atomic mass is 79.9. The summed E-state index contributed by atoms with van der Waals surface area (Å²) in [6, 6.07) is 0. The average Bonchev–Trinajstić information content (AvgIpc) is 2.59. The fraction of sp³-hybridized carbons (Fsp3) is 0.923. The Kier molecular flexibility index (Phi) is 6.49. The van der Waals surface area contributed by atoms with Gasteiger partial charge in [-0.25, -0.2) is 0 Å². The number of hydrogen-bond acceptors (Lipinski definition) is 3. The second-order valence-electron chi connectivity index (χ2n) is 4.91. The van der Waals surface area contributed by atoms with Crippen molar-refractivity contribution in [1.29, 1.82) is 0 Å². The van der Waals surface area contributed by atoms with Crippen molar-refractivity contribution >= 4 is 21.9 Å². The molecule has 0 aliphatic heterocycles. The number of aliphatic hydroxyl groups is 1. The first-order chi connectivity index (χ1) is 8.06. The number of aliphatic hydroxyl groups excluding tert-OH is 1. The van der Waals surface area contributed by atoms with Gasteiger partial charge in [0, 0.05) is 11.2 Å². The van der Waals surface area contributed by atoms with E-state index in [0.717, 1.165) is 25.7 Å². The van der Waals surface area contributed by atoms with Crippen molar-refractivity contribution in [2.45, 2.75) is 56.9 Å². The van der Waals surface area contributed by atoms with Crippen LogP contribution in [0.1, 0.15) is 46.0 Å². The van der Waals surface area contributed by atoms with Gasteiger partial charge in [-0.3, -0.25) is 4.79 Å². The van der Waals surface area contributed by atoms with Gasteiger partial charge >= 0.3 is 5.97 Å². The van der Waals surface area contributed by atoms with Gasteiger partial charge in [0.25, 0.3) is 0 Å². The third-order valence-corrected chi connectivity index (χ3v) is 4.67. The van der Waals surface area contributed by atoms with Crippen LogP contribution in [0.4, 0.5) is 0 Å². The van der Waals surface area contributed by atoms with Gasteiger partial charge in [0.2, 0.25) is 0 Å². The molecule has 0 bridgehead atoms. The molecule has 0 aromatic rings. The molecule has 3 nitrogen and oxygen atoms in total. The monoisotopic (exact) mass is 306 g/mol. The summed E-state index contributed by atoms with van der Waals surface area (Å²) in [7, 11) is 0. The van der Waals surface area contributed by atoms with Gasteiger partial charge < -0.3 is 9.84 Å². The molecule has 0 saturated heterocycles. The van der Waals surface area contributed by atoms with Crippen LogP contribution in [0.3, 0.4) is 0 Å². The Morgan fingerprint density at radius 1 is 1.53 bits per heavy atom. The molecule has 0 unspecified atom stereocenters. The van der Waals surface area contributed by atoms with Crippen LogP contribution in [-0.2, 0) is 9.53 Å². The second-order valence-corrected chi connectivity index (χ2v) is 6.09. The minimum absolute atomic E-state index is 0.118. The summed E-state index contributed by atoms with van der Waals surface area (Å²) in [6.07, 6.45) is 4.05. The number of alkyl halides is 1. The van der Waals surface area contributed by atoms with E-state index in [1.807, 2.05) is 6.92 Å². The molecule has 0 heterocycles. The van der Waals surface area contributed by atoms with Crippen LogP contribution in [0.5, 0.6) is 0 Å². The standard InChI is InChI=1S/C13H23BrO3/c1-3-17-12(16)6-4-5-10(14)13-9(2)7-8-11(13)15/h9-11,13,15H,3-8H2,1-2H3/t9-,10+,11-,13+/m1/s1. The van der Waals surface area contributed by atoms with E-state index in [2.05, 4.69) is 22.9 Å². The Balaban J connectivity index is 2.24. The van der Waals surface area contributed by atoms with Gasteiger partial charge in [-0.15, -0.1) is 0 Å². The van der Waals surface area contributed by atoms with E-state index in [4.69, 9.17) is 4.74 Å². The van der Waals surface area contributed by atoms with Gasteiger partial charge in [0.15, 0.2) is 0 Å². The Labute approximate surface area is 112 Å². The Bertz CT molecular complexity index is 235. The van der Waals surface area contributed by atoms with Gasteiger partial charge in [-0.1, -0.05) is 22.9 Å². The highest BCUT2D eigenvalue weighted by Gasteiger charge is 2.36. The minimum Gasteiger partial charge on any atom is -0.466 e. The molecule has 0 aromatic carbocycles. The summed E-state index contributed by atoms with van der Waals surface area (Å²) in [5.41, 5.74) is 0. The maximum absolute atomic E-state index is 11.2. The summed E-state index contributed by atoms with van der Waals surface area (Å²) in [6.45, 7) is 4.47. The van der Waals surface area contributed by atoms with E-state index in [-0.39, 0.29) is 12.1 Å². The first kappa shape index (κ1) is 15.0. The quantitative estimate of drug-likeness (QED) is 0.606. The SMILES string of the molecule is CCOC(=O)CCC[C@H](Br)[C@@H]1[C@H](C)CC[C@H]1O. The van der Waals surface area contributed by atoms with Crippen LogP contribution in [0.25, 0.3) is 0 Å². The first-order valence-electron chi connectivity index (χ1n) is 6.54. The molecule has 1 aliphatic carbocycles. The second kappa shape index (κ2) is 7.37. The molecule has 0 amide bonds. The van der Waals surface area contributed by atoms with Crippen molar-refractivity contribution in [1.82, 2.24) is 0 Å². The van der Waals surface area contributed by atoms with Crippen LogP contribution in [0.2, 0.25) is 0 Å². The molecule has 1 N–H and O–H groups in total. The zero-order chi connectivity index (χ0) is 12.8. The van der Waals surface area contributed by atoms with Crippen molar-refractivity contribution < 1.29 is 14.6 Å². The highest BCUT2D eigenvalue weighted by molar-refractivity contribution is 9.09. The third kappa shape index (κ3) is 4.59. The molecule has 100 valence electrons. The molecule has 1 aliphatic rings. The lowest BCUT2D eigenvalue weighted by Crippen LogP contribution is -2.27. The summed E-state index contributed by atoms with van der Waals surface area (Å²) >= 11 is 3.66. The number of ether oxygens (including phenoxy) is 1. The summed E-state index contributed by atoms with van der Waals surface area (Å²) in [5.74, 6) is 0.779. The fourth-order valence-electron chi connectivity index (χ4n) is 2.66. The molecule has 0 radical (unpaired) electrons. The van der Waals surface area contributed by atoms with Crippen molar-refractivity contribution in [3.63, 3.8) is 0 Å². The average molecular weight is 307 g/mol. The lowest BCUT2D eigenvalue weighted by atomic mass is 9.90. The lowest BCUT2D eigenvalue weighted by molar-refractivity contribution is -0.143. The zero-order valence-corrected chi connectivity index (χ0v) is 12.3. The number of rotatable bonds is 6. The summed E-state index contributed by atoms with van der Waals surface area (Å²) < 4.78 is 4.89. The molecule has 1 fully saturated rings. The zero-order valence-electron chi connectivity index (χ0n) is 10.7. The number of carbonyl (C=O) groups excluding carboxylic acids is 1. The molecule has 4 atom stereocenters. The van der Waals surface area contributed by atoms with Crippen LogP contribution in [0, 0.1) is 11.8 Å². The van der Waals surface area contributed by atoms with Gasteiger partial charge in [0.1, 0.15) is 0 Å². The third-order valence-electron chi connectivity index (χ3n) is 3.60. The van der Waals surface area contributed by atoms with Crippen LogP contribution in [0.15, 0.2) is 0 Å². The van der Waals surface area contributed by atoms with E-state index in [9.17, 15) is 9.90 Å². The Hall–Kier alpha value is -0.0900. The smallest absolute Gasteiger partial charge is 0.305 e. The molecule has 1 rings (SSSR count). The summed E-state index contributed by atoms with van der Waals surface area (Å²) in [4.78, 5) is 11.5. The molecule has 0 spiro atoms. The van der Waals surface area contributed by atoms with E-state index >= 15 is 0 Å². The highest BCUT2D eigenvalue weighted by Crippen LogP contribution is 2.38. The molecule has 1 saturated carbocycles. The van der Waals surface area contributed by atoms with Crippen LogP contribution < -0.4 is 0 Å². The fourth-order valence-corrected chi connectivity index (χ4v) is 3.86. The van der Waals surface area contributed by atoms with E-state index < -0.39 is 0 Å². The van der Waals surface area contributed by atoms with E-state index in [0.29, 0.717) is 29.7 Å². The van der Waals surface area contributed by atoms with Gasteiger partial charge in [0.05, 0.1) is 12.7 Å². The van der Waals surface area contributed by atoms with Gasteiger partial charge in [-0.2, -0.15) is 0 Å². The predicted molar refractivity (Wildman–Crippen MR) is 71.1 cm³/mol. The lowest BCUT2D eigenvalue weighted by Gasteiger charge is -2.24. The Morgan fingerprint density at radius 2 is 2.24 bits per heavy atom. The van der Waals surface area contributed by atoms with Crippen molar-refractivity contribution in [3.8, 4) is 0 Å².